The number of carbonyl (C=O) groups is 1. The van der Waals surface area contributed by atoms with E-state index >= 15 is 0 Å². The summed E-state index contributed by atoms with van der Waals surface area (Å²) in [6.45, 7) is 6.55. The van der Waals surface area contributed by atoms with Gasteiger partial charge in [0.1, 0.15) is 5.60 Å². The summed E-state index contributed by atoms with van der Waals surface area (Å²) in [5, 5.41) is 3.01. The fourth-order valence-corrected chi connectivity index (χ4v) is 1.80. The number of nitrogens with two attached hydrogens (primary N) is 1. The molecule has 0 bridgehead atoms. The molecule has 0 aromatic carbocycles. The highest BCUT2D eigenvalue weighted by Gasteiger charge is 2.31. The van der Waals surface area contributed by atoms with Gasteiger partial charge in [0.2, 0.25) is 0 Å². The Balaban J connectivity index is 0.000000261. The van der Waals surface area contributed by atoms with Gasteiger partial charge in [0.25, 0.3) is 0 Å². The van der Waals surface area contributed by atoms with E-state index in [4.69, 9.17) is 5.73 Å². The van der Waals surface area contributed by atoms with Crippen molar-refractivity contribution in [2.75, 3.05) is 6.54 Å². The second kappa shape index (κ2) is 6.95. The van der Waals surface area contributed by atoms with E-state index in [-0.39, 0.29) is 0 Å². The number of halogens is 3. The van der Waals surface area contributed by atoms with Gasteiger partial charge in [0.15, 0.2) is 0 Å². The van der Waals surface area contributed by atoms with Crippen molar-refractivity contribution in [3.05, 3.63) is 29.1 Å². The van der Waals surface area contributed by atoms with Crippen LogP contribution in [0.2, 0.25) is 0 Å². The molecule has 0 radical (unpaired) electrons. The van der Waals surface area contributed by atoms with Gasteiger partial charge in [-0.05, 0) is 32.4 Å². The lowest BCUT2D eigenvalue weighted by atomic mass is 10.1. The molecule has 1 aliphatic rings. The van der Waals surface area contributed by atoms with Gasteiger partial charge in [-0.2, -0.15) is 13.2 Å². The highest BCUT2D eigenvalue weighted by Crippen LogP contribution is 2.30. The summed E-state index contributed by atoms with van der Waals surface area (Å²) in [5.41, 5.74) is 5.03. The van der Waals surface area contributed by atoms with Gasteiger partial charge in [-0.15, -0.1) is 0 Å². The summed E-state index contributed by atoms with van der Waals surface area (Å²) in [6, 6.07) is 1.18. The average Bonchev–Trinajstić information content (AvgIpc) is 2.35. The number of ether oxygens (including phenoxy) is 1. The number of amides is 1. The monoisotopic (exact) mass is 319 g/mol. The van der Waals surface area contributed by atoms with Crippen molar-refractivity contribution in [2.45, 2.75) is 45.5 Å². The van der Waals surface area contributed by atoms with E-state index in [0.717, 1.165) is 18.4 Å². The van der Waals surface area contributed by atoms with Crippen molar-refractivity contribution < 1.29 is 22.7 Å². The van der Waals surface area contributed by atoms with E-state index in [9.17, 15) is 18.0 Å². The van der Waals surface area contributed by atoms with E-state index in [1.54, 1.807) is 20.8 Å². The Kier molecular flexibility index (Phi) is 5.76. The van der Waals surface area contributed by atoms with Crippen LogP contribution in [-0.2, 0) is 23.9 Å². The molecule has 2 heterocycles. The zero-order chi connectivity index (χ0) is 17.0. The lowest BCUT2D eigenvalue weighted by Gasteiger charge is -2.17. The normalized spacial score (nSPS) is 14.5. The molecular weight excluding hydrogens is 299 g/mol. The molecule has 1 aromatic heterocycles. The fourth-order valence-electron chi connectivity index (χ4n) is 1.80. The molecule has 1 aromatic rings. The molecule has 0 unspecified atom stereocenters. The van der Waals surface area contributed by atoms with E-state index in [1.165, 1.54) is 6.07 Å². The number of carbonyl (C=O) groups excluding carboxylic acids is 1. The van der Waals surface area contributed by atoms with Crippen molar-refractivity contribution in [2.24, 2.45) is 5.73 Å². The molecule has 0 spiro atoms. The van der Waals surface area contributed by atoms with Crippen molar-refractivity contribution in [1.82, 2.24) is 10.3 Å². The van der Waals surface area contributed by atoms with Crippen LogP contribution in [0.25, 0.3) is 0 Å². The number of fused-ring (bicyclic) bond motifs is 1. The van der Waals surface area contributed by atoms with Gasteiger partial charge >= 0.3 is 12.3 Å². The molecule has 1 aliphatic heterocycles. The minimum absolute atomic E-state index is 0.453. The molecule has 22 heavy (non-hydrogen) atoms. The van der Waals surface area contributed by atoms with Crippen molar-refractivity contribution in [3.63, 3.8) is 0 Å². The molecule has 0 fully saturated rings. The number of rotatable bonds is 0. The zero-order valence-corrected chi connectivity index (χ0v) is 12.8. The van der Waals surface area contributed by atoms with Crippen molar-refractivity contribution >= 4 is 6.09 Å². The first-order chi connectivity index (χ1) is 9.99. The zero-order valence-electron chi connectivity index (χ0n) is 12.8. The Labute approximate surface area is 127 Å². The van der Waals surface area contributed by atoms with Crippen LogP contribution in [0.1, 0.15) is 37.6 Å². The predicted molar refractivity (Wildman–Crippen MR) is 75.1 cm³/mol. The van der Waals surface area contributed by atoms with E-state index in [2.05, 4.69) is 15.0 Å². The largest absolute Gasteiger partial charge is 0.444 e. The summed E-state index contributed by atoms with van der Waals surface area (Å²) in [6.07, 6.45) is -3.41. The van der Waals surface area contributed by atoms with Crippen LogP contribution in [0.4, 0.5) is 18.0 Å². The number of alkyl halides is 3. The molecule has 3 N–H and O–H groups in total. The van der Waals surface area contributed by atoms with Crippen LogP contribution >= 0.6 is 0 Å². The topological polar surface area (TPSA) is 77.2 Å². The summed E-state index contributed by atoms with van der Waals surface area (Å²) in [5.74, 6) is 0. The third-order valence-electron chi connectivity index (χ3n) is 2.65. The second-order valence-electron chi connectivity index (χ2n) is 5.79. The van der Waals surface area contributed by atoms with Crippen LogP contribution in [0.15, 0.2) is 12.3 Å². The van der Waals surface area contributed by atoms with Gasteiger partial charge in [0, 0.05) is 31.4 Å². The number of hydrogen-bond acceptors (Lipinski definition) is 4. The summed E-state index contributed by atoms with van der Waals surface area (Å²) < 4.78 is 41.5. The number of pyridine rings is 1. The quantitative estimate of drug-likeness (QED) is 0.770. The minimum Gasteiger partial charge on any atom is -0.444 e. The molecule has 0 aliphatic carbocycles. The number of nitrogens with zero attached hydrogens (tertiary/aromatic N) is 1. The maximum Gasteiger partial charge on any atom is 0.417 e. The average molecular weight is 319 g/mol. The second-order valence-corrected chi connectivity index (χ2v) is 5.79. The molecule has 5 nitrogen and oxygen atoms in total. The van der Waals surface area contributed by atoms with E-state index < -0.39 is 23.4 Å². The number of aromatic nitrogens is 1. The first-order valence-electron chi connectivity index (χ1n) is 6.73. The Morgan fingerprint density at radius 1 is 1.36 bits per heavy atom. The summed E-state index contributed by atoms with van der Waals surface area (Å²) in [4.78, 5) is 13.8. The van der Waals surface area contributed by atoms with Gasteiger partial charge in [0.05, 0.1) is 5.56 Å². The van der Waals surface area contributed by atoms with Gasteiger partial charge in [-0.3, -0.25) is 4.98 Å². The van der Waals surface area contributed by atoms with Gasteiger partial charge in [-0.1, -0.05) is 0 Å². The van der Waals surface area contributed by atoms with Gasteiger partial charge in [-0.25, -0.2) is 4.79 Å². The number of primary amides is 1. The third-order valence-corrected chi connectivity index (χ3v) is 2.65. The predicted octanol–water partition coefficient (Wildman–Crippen LogP) is 2.63. The Hall–Kier alpha value is -1.83. The molecule has 0 atom stereocenters. The van der Waals surface area contributed by atoms with E-state index in [0.29, 0.717) is 18.5 Å². The lowest BCUT2D eigenvalue weighted by Crippen LogP contribution is -2.27. The highest BCUT2D eigenvalue weighted by molar-refractivity contribution is 5.65. The standard InChI is InChI=1S/C9H9F3N2.C5H11NO2/c10-9(11,12)7-3-6-4-13-2-1-8(6)14-5-7;1-5(2,3)8-4(6)7/h3,5,13H,1-2,4H2;1-3H3,(H2,6,7). The van der Waals surface area contributed by atoms with Crippen molar-refractivity contribution in [1.29, 1.82) is 0 Å². The SMILES string of the molecule is CC(C)(C)OC(N)=O.FC(F)(F)c1cnc2c(c1)CNCC2. The van der Waals surface area contributed by atoms with E-state index in [1.807, 2.05) is 0 Å². The lowest BCUT2D eigenvalue weighted by molar-refractivity contribution is -0.137. The maximum atomic E-state index is 12.3. The number of nitrogens with one attached hydrogen (secondary N) is 1. The molecule has 124 valence electrons. The first kappa shape index (κ1) is 18.2. The van der Waals surface area contributed by atoms with Crippen LogP contribution in [0.3, 0.4) is 0 Å². The summed E-state index contributed by atoms with van der Waals surface area (Å²) >= 11 is 0. The number of hydrogen-bond donors (Lipinski definition) is 2. The van der Waals surface area contributed by atoms with Crippen LogP contribution < -0.4 is 11.1 Å². The molecule has 8 heteroatoms. The summed E-state index contributed by atoms with van der Waals surface area (Å²) in [7, 11) is 0. The smallest absolute Gasteiger partial charge is 0.417 e. The Morgan fingerprint density at radius 2 is 2.00 bits per heavy atom. The third kappa shape index (κ3) is 6.30. The fraction of sp³-hybridized carbons (Fsp3) is 0.571. The maximum absolute atomic E-state index is 12.3. The van der Waals surface area contributed by atoms with Crippen LogP contribution in [0.5, 0.6) is 0 Å². The highest BCUT2D eigenvalue weighted by atomic mass is 19.4. The molecular formula is C14H20F3N3O2. The molecule has 1 amide bonds. The Morgan fingerprint density at radius 3 is 2.45 bits per heavy atom. The first-order valence-corrected chi connectivity index (χ1v) is 6.73. The van der Waals surface area contributed by atoms with Gasteiger partial charge < -0.3 is 15.8 Å². The Bertz CT molecular complexity index is 525. The molecule has 0 saturated carbocycles. The van der Waals surface area contributed by atoms with Crippen LogP contribution in [-0.4, -0.2) is 23.2 Å². The molecule has 2 rings (SSSR count). The molecule has 0 saturated heterocycles. The van der Waals surface area contributed by atoms with Crippen molar-refractivity contribution in [3.8, 4) is 0 Å². The minimum atomic E-state index is -4.29. The van der Waals surface area contributed by atoms with Crippen LogP contribution in [0, 0.1) is 0 Å².